The van der Waals surface area contributed by atoms with Crippen LogP contribution >= 0.6 is 0 Å². The fourth-order valence-corrected chi connectivity index (χ4v) is 5.60. The quantitative estimate of drug-likeness (QED) is 0.744. The van der Waals surface area contributed by atoms with E-state index in [-0.39, 0.29) is 6.04 Å². The van der Waals surface area contributed by atoms with Crippen molar-refractivity contribution in [2.45, 2.75) is 57.6 Å². The summed E-state index contributed by atoms with van der Waals surface area (Å²) in [5.74, 6) is 0. The molecule has 29 heavy (non-hydrogen) atoms. The van der Waals surface area contributed by atoms with Gasteiger partial charge >= 0.3 is 6.09 Å². The maximum absolute atomic E-state index is 13.5. The molecular formula is C21H29N3O4S. The third kappa shape index (κ3) is 4.53. The van der Waals surface area contributed by atoms with E-state index in [4.69, 9.17) is 4.74 Å². The predicted octanol–water partition coefficient (Wildman–Crippen LogP) is 3.56. The highest BCUT2D eigenvalue weighted by molar-refractivity contribution is 7.89. The van der Waals surface area contributed by atoms with Gasteiger partial charge in [-0.05, 0) is 64.1 Å². The Kier molecular flexibility index (Phi) is 5.87. The van der Waals surface area contributed by atoms with Gasteiger partial charge in [0.15, 0.2) is 0 Å². The van der Waals surface area contributed by atoms with Gasteiger partial charge in [0.1, 0.15) is 5.60 Å². The van der Waals surface area contributed by atoms with Gasteiger partial charge in [0.2, 0.25) is 10.0 Å². The van der Waals surface area contributed by atoms with Crippen molar-refractivity contribution in [1.29, 1.82) is 0 Å². The zero-order valence-electron chi connectivity index (χ0n) is 17.7. The lowest BCUT2D eigenvalue weighted by Crippen LogP contribution is -2.45. The Hall–Kier alpha value is -2.19. The molecule has 158 valence electrons. The van der Waals surface area contributed by atoms with E-state index >= 15 is 0 Å². The summed E-state index contributed by atoms with van der Waals surface area (Å²) in [6.07, 6.45) is 3.54. The SMILES string of the molecule is Cc1c(S(=O)(=O)N2CCCN(C(=O)OC(C)(C)C)CC2C)ccc2cnccc12. The lowest BCUT2D eigenvalue weighted by Gasteiger charge is -2.30. The van der Waals surface area contributed by atoms with Crippen LogP contribution in [0.5, 0.6) is 0 Å². The molecule has 1 fully saturated rings. The number of nitrogens with zero attached hydrogens (tertiary/aromatic N) is 3. The fourth-order valence-electron chi connectivity index (χ4n) is 3.70. The number of hydrogen-bond donors (Lipinski definition) is 0. The van der Waals surface area contributed by atoms with Crippen LogP contribution in [0.15, 0.2) is 35.5 Å². The standard InChI is InChI=1S/C21H29N3O4S/c1-15-14-23(20(25)28-21(3,4)5)11-6-12-24(15)29(26,27)19-8-7-17-13-22-10-9-18(17)16(19)2/h7-10,13,15H,6,11-12,14H2,1-5H3. The van der Waals surface area contributed by atoms with E-state index in [9.17, 15) is 13.2 Å². The maximum Gasteiger partial charge on any atom is 0.410 e. The molecule has 1 unspecified atom stereocenters. The fraction of sp³-hybridized carbons (Fsp3) is 0.524. The molecule has 2 aromatic rings. The third-order valence-electron chi connectivity index (χ3n) is 5.06. The average molecular weight is 420 g/mol. The van der Waals surface area contributed by atoms with Gasteiger partial charge in [0, 0.05) is 43.5 Å². The van der Waals surface area contributed by atoms with Gasteiger partial charge < -0.3 is 9.64 Å². The molecule has 3 rings (SSSR count). The first kappa shape index (κ1) is 21.5. The van der Waals surface area contributed by atoms with Crippen LogP contribution in [0.4, 0.5) is 4.79 Å². The topological polar surface area (TPSA) is 79.8 Å². The summed E-state index contributed by atoms with van der Waals surface area (Å²) in [5.41, 5.74) is 0.125. The van der Waals surface area contributed by atoms with E-state index in [2.05, 4.69) is 4.98 Å². The van der Waals surface area contributed by atoms with Gasteiger partial charge in [-0.2, -0.15) is 4.31 Å². The highest BCUT2D eigenvalue weighted by atomic mass is 32.2. The Morgan fingerprint density at radius 2 is 1.93 bits per heavy atom. The largest absolute Gasteiger partial charge is 0.444 e. The Morgan fingerprint density at radius 3 is 2.62 bits per heavy atom. The van der Waals surface area contributed by atoms with Gasteiger partial charge in [-0.25, -0.2) is 13.2 Å². The third-order valence-corrected chi connectivity index (χ3v) is 7.22. The van der Waals surface area contributed by atoms with Crippen LogP contribution in [0.25, 0.3) is 10.8 Å². The second-order valence-corrected chi connectivity index (χ2v) is 10.4. The van der Waals surface area contributed by atoms with Crippen molar-refractivity contribution >= 4 is 26.9 Å². The molecule has 0 N–H and O–H groups in total. The van der Waals surface area contributed by atoms with E-state index < -0.39 is 21.7 Å². The van der Waals surface area contributed by atoms with Gasteiger partial charge in [-0.1, -0.05) is 6.07 Å². The lowest BCUT2D eigenvalue weighted by atomic mass is 10.1. The van der Waals surface area contributed by atoms with Crippen molar-refractivity contribution in [2.75, 3.05) is 19.6 Å². The molecule has 1 saturated heterocycles. The summed E-state index contributed by atoms with van der Waals surface area (Å²) in [5, 5.41) is 1.78. The molecule has 7 nitrogen and oxygen atoms in total. The van der Waals surface area contributed by atoms with Gasteiger partial charge in [0.05, 0.1) is 4.90 Å². The van der Waals surface area contributed by atoms with E-state index in [1.165, 1.54) is 4.31 Å². The number of sulfonamides is 1. The summed E-state index contributed by atoms with van der Waals surface area (Å²) < 4.78 is 34.0. The smallest absolute Gasteiger partial charge is 0.410 e. The first-order chi connectivity index (χ1) is 13.5. The molecule has 0 bridgehead atoms. The molecule has 1 aliphatic heterocycles. The van der Waals surface area contributed by atoms with Crippen molar-refractivity contribution in [1.82, 2.24) is 14.2 Å². The molecule has 1 atom stereocenters. The first-order valence-electron chi connectivity index (χ1n) is 9.84. The van der Waals surface area contributed by atoms with E-state index in [0.717, 1.165) is 10.8 Å². The number of hydrogen-bond acceptors (Lipinski definition) is 5. The summed E-state index contributed by atoms with van der Waals surface area (Å²) in [4.78, 5) is 18.5. The van der Waals surface area contributed by atoms with Crippen LogP contribution in [0.1, 0.15) is 39.7 Å². The van der Waals surface area contributed by atoms with Crippen LogP contribution in [-0.2, 0) is 14.8 Å². The predicted molar refractivity (Wildman–Crippen MR) is 112 cm³/mol. The molecule has 0 radical (unpaired) electrons. The summed E-state index contributed by atoms with van der Waals surface area (Å²) in [6, 6.07) is 4.91. The van der Waals surface area contributed by atoms with E-state index in [0.29, 0.717) is 36.5 Å². The normalized spacial score (nSPS) is 19.2. The molecule has 1 amide bonds. The minimum atomic E-state index is -3.71. The molecule has 0 spiro atoms. The number of benzene rings is 1. The van der Waals surface area contributed by atoms with Crippen molar-refractivity contribution < 1.29 is 17.9 Å². The van der Waals surface area contributed by atoms with Crippen LogP contribution in [0.3, 0.4) is 0 Å². The lowest BCUT2D eigenvalue weighted by molar-refractivity contribution is 0.0244. The van der Waals surface area contributed by atoms with Gasteiger partial charge in [-0.3, -0.25) is 4.98 Å². The average Bonchev–Trinajstić information content (AvgIpc) is 2.82. The highest BCUT2D eigenvalue weighted by Gasteiger charge is 2.35. The highest BCUT2D eigenvalue weighted by Crippen LogP contribution is 2.29. The summed E-state index contributed by atoms with van der Waals surface area (Å²) >= 11 is 0. The number of pyridine rings is 1. The van der Waals surface area contributed by atoms with Gasteiger partial charge in [0.25, 0.3) is 0 Å². The minimum absolute atomic E-state index is 0.296. The van der Waals surface area contributed by atoms with E-state index in [1.54, 1.807) is 29.4 Å². The second kappa shape index (κ2) is 7.91. The van der Waals surface area contributed by atoms with Gasteiger partial charge in [-0.15, -0.1) is 0 Å². The summed E-state index contributed by atoms with van der Waals surface area (Å²) in [7, 11) is -3.71. The molecule has 8 heteroatoms. The number of rotatable bonds is 2. The Labute approximate surface area is 172 Å². The van der Waals surface area contributed by atoms with E-state index in [1.807, 2.05) is 40.7 Å². The van der Waals surface area contributed by atoms with Crippen LogP contribution in [0, 0.1) is 6.92 Å². The van der Waals surface area contributed by atoms with Crippen LogP contribution in [-0.4, -0.2) is 60.0 Å². The van der Waals surface area contributed by atoms with Crippen LogP contribution < -0.4 is 0 Å². The van der Waals surface area contributed by atoms with Crippen molar-refractivity contribution in [3.63, 3.8) is 0 Å². The molecular weight excluding hydrogens is 390 g/mol. The van der Waals surface area contributed by atoms with Crippen LogP contribution in [0.2, 0.25) is 0 Å². The molecule has 0 aliphatic carbocycles. The zero-order valence-corrected chi connectivity index (χ0v) is 18.5. The summed E-state index contributed by atoms with van der Waals surface area (Å²) in [6.45, 7) is 10.2. The second-order valence-electron chi connectivity index (χ2n) is 8.53. The van der Waals surface area contributed by atoms with Crippen molar-refractivity contribution in [3.05, 3.63) is 36.2 Å². The maximum atomic E-state index is 13.5. The number of aryl methyl sites for hydroxylation is 1. The van der Waals surface area contributed by atoms with Crippen molar-refractivity contribution in [3.8, 4) is 0 Å². The molecule has 1 aromatic carbocycles. The molecule has 1 aliphatic rings. The monoisotopic (exact) mass is 419 g/mol. The number of aromatic nitrogens is 1. The van der Waals surface area contributed by atoms with Crippen molar-refractivity contribution in [2.24, 2.45) is 0 Å². The zero-order chi connectivity index (χ0) is 21.4. The molecule has 0 saturated carbocycles. The minimum Gasteiger partial charge on any atom is -0.444 e. The number of ether oxygens (including phenoxy) is 1. The number of amides is 1. The Bertz CT molecular complexity index is 1010. The number of fused-ring (bicyclic) bond motifs is 1. The molecule has 1 aromatic heterocycles. The first-order valence-corrected chi connectivity index (χ1v) is 11.3. The Morgan fingerprint density at radius 1 is 1.21 bits per heavy atom. The number of carbonyl (C=O) groups excluding carboxylic acids is 1. The number of carbonyl (C=O) groups is 1. The molecule has 2 heterocycles. The Balaban J connectivity index is 1.88.